The van der Waals surface area contributed by atoms with Crippen LogP contribution in [0.15, 0.2) is 24.3 Å². The maximum atomic E-state index is 5.94. The molecule has 0 amide bonds. The molecule has 1 aromatic carbocycles. The van der Waals surface area contributed by atoms with Gasteiger partial charge in [0.15, 0.2) is 0 Å². The van der Waals surface area contributed by atoms with Gasteiger partial charge in [-0.2, -0.15) is 0 Å². The summed E-state index contributed by atoms with van der Waals surface area (Å²) in [5.74, 6) is 1.63. The monoisotopic (exact) mass is 247 g/mol. The lowest BCUT2D eigenvalue weighted by Gasteiger charge is -2.15. The third kappa shape index (κ3) is 2.20. The first-order valence-electron chi connectivity index (χ1n) is 5.93. The second kappa shape index (κ2) is 4.15. The van der Waals surface area contributed by atoms with Crippen molar-refractivity contribution in [2.75, 3.05) is 5.32 Å². The maximum absolute atomic E-state index is 5.94. The second-order valence-electron chi connectivity index (χ2n) is 4.63. The van der Waals surface area contributed by atoms with Crippen LogP contribution in [0.1, 0.15) is 19.8 Å². The number of anilines is 1. The fraction of sp³-hybridized carbons (Fsp3) is 0.385. The number of hydrogen-bond donors (Lipinski definition) is 1. The van der Waals surface area contributed by atoms with E-state index in [2.05, 4.69) is 22.2 Å². The lowest BCUT2D eigenvalue weighted by atomic mass is 10.2. The van der Waals surface area contributed by atoms with Crippen molar-refractivity contribution in [3.63, 3.8) is 0 Å². The molecule has 17 heavy (non-hydrogen) atoms. The molecule has 1 N–H and O–H groups in total. The number of rotatable bonds is 3. The summed E-state index contributed by atoms with van der Waals surface area (Å²) in [6, 6.07) is 8.37. The Morgan fingerprint density at radius 2 is 2.06 bits per heavy atom. The molecule has 3 nitrogen and oxygen atoms in total. The van der Waals surface area contributed by atoms with E-state index in [4.69, 9.17) is 11.6 Å². The second-order valence-corrected chi connectivity index (χ2v) is 4.97. The average molecular weight is 248 g/mol. The van der Waals surface area contributed by atoms with Gasteiger partial charge < -0.3 is 5.32 Å². The zero-order valence-electron chi connectivity index (χ0n) is 9.65. The van der Waals surface area contributed by atoms with E-state index in [1.165, 1.54) is 12.8 Å². The number of aromatic nitrogens is 2. The van der Waals surface area contributed by atoms with Crippen LogP contribution in [0.3, 0.4) is 0 Å². The highest BCUT2D eigenvalue weighted by molar-refractivity contribution is 6.28. The zero-order valence-corrected chi connectivity index (χ0v) is 10.4. The summed E-state index contributed by atoms with van der Waals surface area (Å²) in [5.41, 5.74) is 0.887. The van der Waals surface area contributed by atoms with E-state index in [9.17, 15) is 0 Å². The Balaban J connectivity index is 2.01. The molecule has 0 spiro atoms. The number of benzene rings is 1. The van der Waals surface area contributed by atoms with Crippen LogP contribution in [-0.4, -0.2) is 16.0 Å². The van der Waals surface area contributed by atoms with Gasteiger partial charge in [-0.25, -0.2) is 9.97 Å². The van der Waals surface area contributed by atoms with Gasteiger partial charge in [-0.3, -0.25) is 0 Å². The number of hydrogen-bond acceptors (Lipinski definition) is 3. The van der Waals surface area contributed by atoms with Gasteiger partial charge in [0.2, 0.25) is 5.28 Å². The summed E-state index contributed by atoms with van der Waals surface area (Å²) in [6.45, 7) is 2.20. The summed E-state index contributed by atoms with van der Waals surface area (Å²) >= 11 is 5.94. The standard InChI is InChI=1S/C13H14ClN3/c1-8(9-6-7-9)15-12-10-4-2-3-5-11(10)16-13(14)17-12/h2-5,8-9H,6-7H2,1H3,(H,15,16,17)/t8-/m1/s1. The molecule has 1 atom stereocenters. The molecule has 0 saturated heterocycles. The van der Waals surface area contributed by atoms with Gasteiger partial charge in [-0.15, -0.1) is 0 Å². The molecular weight excluding hydrogens is 234 g/mol. The number of halogens is 1. The minimum atomic E-state index is 0.300. The Hall–Kier alpha value is -1.35. The molecule has 0 radical (unpaired) electrons. The first kappa shape index (κ1) is 10.8. The molecule has 0 unspecified atom stereocenters. The van der Waals surface area contributed by atoms with Crippen molar-refractivity contribution in [3.05, 3.63) is 29.5 Å². The molecule has 2 aromatic rings. The Bertz CT molecular complexity index is 551. The first-order chi connectivity index (χ1) is 8.24. The predicted octanol–water partition coefficient (Wildman–Crippen LogP) is 3.49. The SMILES string of the molecule is C[C@@H](Nc1nc(Cl)nc2ccccc12)C1CC1. The molecular formula is C13H14ClN3. The third-order valence-corrected chi connectivity index (χ3v) is 3.44. The third-order valence-electron chi connectivity index (χ3n) is 3.27. The number of nitrogens with zero attached hydrogens (tertiary/aromatic N) is 2. The Labute approximate surface area is 105 Å². The van der Waals surface area contributed by atoms with Crippen LogP contribution in [0, 0.1) is 5.92 Å². The van der Waals surface area contributed by atoms with E-state index in [0.29, 0.717) is 11.3 Å². The lowest BCUT2D eigenvalue weighted by molar-refractivity contribution is 0.691. The summed E-state index contributed by atoms with van der Waals surface area (Å²) in [4.78, 5) is 8.51. The first-order valence-corrected chi connectivity index (χ1v) is 6.30. The van der Waals surface area contributed by atoms with Crippen LogP contribution in [0.2, 0.25) is 5.28 Å². The number of nitrogens with one attached hydrogen (secondary N) is 1. The van der Waals surface area contributed by atoms with Crippen molar-refractivity contribution in [3.8, 4) is 0 Å². The molecule has 1 fully saturated rings. The van der Waals surface area contributed by atoms with Gasteiger partial charge >= 0.3 is 0 Å². The highest BCUT2D eigenvalue weighted by Crippen LogP contribution is 2.34. The summed E-state index contributed by atoms with van der Waals surface area (Å²) in [7, 11) is 0. The van der Waals surface area contributed by atoms with Crippen LogP contribution in [0.5, 0.6) is 0 Å². The normalized spacial score (nSPS) is 17.1. The van der Waals surface area contributed by atoms with Crippen LogP contribution in [0.4, 0.5) is 5.82 Å². The Morgan fingerprint density at radius 1 is 1.29 bits per heavy atom. The molecule has 0 bridgehead atoms. The van der Waals surface area contributed by atoms with Gasteiger partial charge in [-0.1, -0.05) is 12.1 Å². The fourth-order valence-corrected chi connectivity index (χ4v) is 2.26. The number of para-hydroxylation sites is 1. The summed E-state index contributed by atoms with van der Waals surface area (Å²) < 4.78 is 0. The quantitative estimate of drug-likeness (QED) is 0.844. The Kier molecular flexibility index (Phi) is 2.63. The van der Waals surface area contributed by atoms with Gasteiger partial charge in [-0.05, 0) is 49.4 Å². The molecule has 4 heteroatoms. The van der Waals surface area contributed by atoms with Crippen molar-refractivity contribution in [2.24, 2.45) is 5.92 Å². The van der Waals surface area contributed by atoms with E-state index in [-0.39, 0.29) is 0 Å². The highest BCUT2D eigenvalue weighted by atomic mass is 35.5. The minimum Gasteiger partial charge on any atom is -0.367 e. The largest absolute Gasteiger partial charge is 0.367 e. The summed E-state index contributed by atoms with van der Waals surface area (Å²) in [6.07, 6.45) is 2.62. The van der Waals surface area contributed by atoms with Gasteiger partial charge in [0.25, 0.3) is 0 Å². The highest BCUT2D eigenvalue weighted by Gasteiger charge is 2.28. The van der Waals surface area contributed by atoms with E-state index in [1.54, 1.807) is 0 Å². The maximum Gasteiger partial charge on any atom is 0.224 e. The Morgan fingerprint density at radius 3 is 2.82 bits per heavy atom. The topological polar surface area (TPSA) is 37.8 Å². The van der Waals surface area contributed by atoms with E-state index >= 15 is 0 Å². The van der Waals surface area contributed by atoms with Crippen LogP contribution in [-0.2, 0) is 0 Å². The van der Waals surface area contributed by atoms with E-state index < -0.39 is 0 Å². The molecule has 88 valence electrons. The molecule has 0 aliphatic heterocycles. The van der Waals surface area contributed by atoms with Crippen molar-refractivity contribution in [1.82, 2.24) is 9.97 Å². The van der Waals surface area contributed by atoms with Gasteiger partial charge in [0, 0.05) is 11.4 Å². The van der Waals surface area contributed by atoms with E-state index in [0.717, 1.165) is 22.6 Å². The van der Waals surface area contributed by atoms with E-state index in [1.807, 2.05) is 24.3 Å². The fourth-order valence-electron chi connectivity index (χ4n) is 2.09. The number of fused-ring (bicyclic) bond motifs is 1. The van der Waals surface area contributed by atoms with Crippen molar-refractivity contribution in [1.29, 1.82) is 0 Å². The zero-order chi connectivity index (χ0) is 11.8. The molecule has 1 aliphatic carbocycles. The van der Waals surface area contributed by atoms with Gasteiger partial charge in [0.05, 0.1) is 5.52 Å². The van der Waals surface area contributed by atoms with Crippen LogP contribution in [0.25, 0.3) is 10.9 Å². The smallest absolute Gasteiger partial charge is 0.224 e. The molecule has 1 heterocycles. The van der Waals surface area contributed by atoms with Crippen LogP contribution >= 0.6 is 11.6 Å². The average Bonchev–Trinajstić information content (AvgIpc) is 3.12. The van der Waals surface area contributed by atoms with Crippen molar-refractivity contribution < 1.29 is 0 Å². The molecule has 1 aromatic heterocycles. The lowest BCUT2D eigenvalue weighted by Crippen LogP contribution is -2.18. The predicted molar refractivity (Wildman–Crippen MR) is 70.4 cm³/mol. The minimum absolute atomic E-state index is 0.300. The molecule has 1 saturated carbocycles. The van der Waals surface area contributed by atoms with Crippen molar-refractivity contribution >= 4 is 28.3 Å². The van der Waals surface area contributed by atoms with Gasteiger partial charge in [0.1, 0.15) is 5.82 Å². The molecule has 3 rings (SSSR count). The molecule has 1 aliphatic rings. The van der Waals surface area contributed by atoms with Crippen molar-refractivity contribution in [2.45, 2.75) is 25.8 Å². The van der Waals surface area contributed by atoms with Crippen LogP contribution < -0.4 is 5.32 Å². The summed E-state index contributed by atoms with van der Waals surface area (Å²) in [5, 5.41) is 4.78.